The maximum atomic E-state index is 13.0. The zero-order chi connectivity index (χ0) is 21.1. The number of nitrogens with zero attached hydrogens (tertiary/aromatic N) is 2. The molecule has 1 aromatic rings. The van der Waals surface area contributed by atoms with Crippen LogP contribution >= 0.6 is 0 Å². The molecule has 1 aliphatic heterocycles. The normalized spacial score (nSPS) is 24.7. The van der Waals surface area contributed by atoms with Crippen LogP contribution < -0.4 is 0 Å². The zero-order valence-electron chi connectivity index (χ0n) is 16.0. The molecule has 0 radical (unpaired) electrons. The maximum absolute atomic E-state index is 13.0. The van der Waals surface area contributed by atoms with Gasteiger partial charge in [-0.1, -0.05) is 36.8 Å². The largest absolute Gasteiger partial charge is 0.391 e. The molecule has 3 rings (SSSR count). The van der Waals surface area contributed by atoms with Crippen molar-refractivity contribution in [2.45, 2.75) is 31.9 Å². The van der Waals surface area contributed by atoms with E-state index in [9.17, 15) is 26.4 Å². The third kappa shape index (κ3) is 5.60. The molecule has 1 saturated heterocycles. The number of hydrogen-bond acceptors (Lipinski definition) is 3. The van der Waals surface area contributed by atoms with Crippen LogP contribution in [0.15, 0.2) is 35.7 Å². The predicted molar refractivity (Wildman–Crippen MR) is 104 cm³/mol. The molecule has 2 fully saturated rings. The Morgan fingerprint density at radius 3 is 2.31 bits per heavy atom. The molecule has 5 nitrogen and oxygen atoms in total. The number of piperazine rings is 1. The van der Waals surface area contributed by atoms with Crippen LogP contribution in [-0.4, -0.2) is 55.9 Å². The van der Waals surface area contributed by atoms with Crippen LogP contribution in [0.1, 0.15) is 31.2 Å². The highest BCUT2D eigenvalue weighted by atomic mass is 32.2. The highest BCUT2D eigenvalue weighted by Crippen LogP contribution is 2.40. The van der Waals surface area contributed by atoms with Gasteiger partial charge in [-0.2, -0.15) is 17.5 Å². The Hall–Kier alpha value is -1.87. The Balaban J connectivity index is 1.56. The second kappa shape index (κ2) is 8.87. The van der Waals surface area contributed by atoms with Gasteiger partial charge in [-0.05, 0) is 30.9 Å². The second-order valence-electron chi connectivity index (χ2n) is 7.58. The predicted octanol–water partition coefficient (Wildman–Crippen LogP) is 3.50. The van der Waals surface area contributed by atoms with E-state index in [2.05, 4.69) is 0 Å². The summed E-state index contributed by atoms with van der Waals surface area (Å²) in [5.74, 6) is -2.33. The number of carbonyl (C=O) groups is 1. The second-order valence-corrected chi connectivity index (χ2v) is 9.40. The van der Waals surface area contributed by atoms with Crippen molar-refractivity contribution in [2.24, 2.45) is 11.8 Å². The van der Waals surface area contributed by atoms with Gasteiger partial charge in [0.1, 0.15) is 0 Å². The first-order valence-corrected chi connectivity index (χ1v) is 11.3. The number of alkyl halides is 3. The monoisotopic (exact) mass is 430 g/mol. The van der Waals surface area contributed by atoms with Gasteiger partial charge in [-0.15, -0.1) is 0 Å². The Bertz CT molecular complexity index is 832. The fourth-order valence-corrected chi connectivity index (χ4v) is 5.12. The molecule has 0 bridgehead atoms. The zero-order valence-corrected chi connectivity index (χ0v) is 16.8. The van der Waals surface area contributed by atoms with E-state index in [1.165, 1.54) is 15.3 Å². The summed E-state index contributed by atoms with van der Waals surface area (Å²) in [6, 6.07) is 9.05. The van der Waals surface area contributed by atoms with E-state index in [1.54, 1.807) is 12.1 Å². The van der Waals surface area contributed by atoms with E-state index in [4.69, 9.17) is 0 Å². The van der Waals surface area contributed by atoms with Crippen molar-refractivity contribution in [3.8, 4) is 0 Å². The van der Waals surface area contributed by atoms with Crippen LogP contribution in [0.2, 0.25) is 0 Å². The Labute approximate surface area is 169 Å². The summed E-state index contributed by atoms with van der Waals surface area (Å²) in [4.78, 5) is 14.2. The molecule has 0 N–H and O–H groups in total. The summed E-state index contributed by atoms with van der Waals surface area (Å²) in [5.41, 5.74) is 0.765. The third-order valence-corrected chi connectivity index (χ3v) is 7.19. The highest BCUT2D eigenvalue weighted by molar-refractivity contribution is 7.92. The van der Waals surface area contributed by atoms with Gasteiger partial charge in [0.15, 0.2) is 0 Å². The van der Waals surface area contributed by atoms with Gasteiger partial charge in [0.25, 0.3) is 0 Å². The molecule has 1 heterocycles. The summed E-state index contributed by atoms with van der Waals surface area (Å²) in [5, 5.41) is 1.15. The van der Waals surface area contributed by atoms with E-state index in [0.717, 1.165) is 11.0 Å². The van der Waals surface area contributed by atoms with Crippen LogP contribution in [-0.2, 0) is 14.8 Å². The van der Waals surface area contributed by atoms with Gasteiger partial charge < -0.3 is 4.90 Å². The quantitative estimate of drug-likeness (QED) is 0.735. The number of amides is 1. The summed E-state index contributed by atoms with van der Waals surface area (Å²) < 4.78 is 65.3. The number of carbonyl (C=O) groups excluding carboxylic acids is 1. The van der Waals surface area contributed by atoms with E-state index in [1.807, 2.05) is 18.2 Å². The molecular weight excluding hydrogens is 405 g/mol. The molecule has 1 saturated carbocycles. The summed E-state index contributed by atoms with van der Waals surface area (Å²) >= 11 is 0. The van der Waals surface area contributed by atoms with Crippen LogP contribution in [0.5, 0.6) is 0 Å². The maximum Gasteiger partial charge on any atom is 0.391 e. The van der Waals surface area contributed by atoms with Gasteiger partial charge >= 0.3 is 6.18 Å². The molecule has 1 aliphatic carbocycles. The van der Waals surface area contributed by atoms with Crippen molar-refractivity contribution in [3.05, 3.63) is 41.3 Å². The summed E-state index contributed by atoms with van der Waals surface area (Å²) in [6.45, 7) is 0.681. The van der Waals surface area contributed by atoms with Crippen LogP contribution in [0.25, 0.3) is 6.08 Å². The van der Waals surface area contributed by atoms with Gasteiger partial charge in [-0.3, -0.25) is 4.79 Å². The fourth-order valence-electron chi connectivity index (χ4n) is 3.95. The number of sulfonamides is 1. The Morgan fingerprint density at radius 2 is 1.69 bits per heavy atom. The number of benzene rings is 1. The average Bonchev–Trinajstić information content (AvgIpc) is 2.72. The molecule has 2 atom stereocenters. The lowest BCUT2D eigenvalue weighted by Gasteiger charge is -2.37. The highest BCUT2D eigenvalue weighted by Gasteiger charge is 2.44. The van der Waals surface area contributed by atoms with Gasteiger partial charge in [0.2, 0.25) is 15.9 Å². The molecule has 2 aliphatic rings. The van der Waals surface area contributed by atoms with Crippen LogP contribution in [0, 0.1) is 11.8 Å². The van der Waals surface area contributed by atoms with Gasteiger partial charge in [0.05, 0.1) is 5.92 Å². The summed E-state index contributed by atoms with van der Waals surface area (Å²) in [6.07, 6.45) is -1.99. The molecule has 2 unspecified atom stereocenters. The smallest absolute Gasteiger partial charge is 0.340 e. The topological polar surface area (TPSA) is 57.7 Å². The van der Waals surface area contributed by atoms with E-state index in [-0.39, 0.29) is 44.9 Å². The molecule has 9 heteroatoms. The standard InChI is InChI=1S/C20H25F3N2O3S/c21-20(22,23)18-8-4-7-17(15-18)19(26)24-10-12-25(13-11-24)29(27,28)14-9-16-5-2-1-3-6-16/h1-3,5-6,9,14,17-18H,4,7-8,10-13,15H2/b14-9+. The lowest BCUT2D eigenvalue weighted by molar-refractivity contribution is -0.187. The molecule has 1 aromatic carbocycles. The molecule has 1 amide bonds. The molecule has 29 heavy (non-hydrogen) atoms. The first-order chi connectivity index (χ1) is 13.7. The minimum absolute atomic E-state index is 0.0764. The van der Waals surface area contributed by atoms with Crippen molar-refractivity contribution in [1.82, 2.24) is 9.21 Å². The summed E-state index contributed by atoms with van der Waals surface area (Å²) in [7, 11) is -3.62. The van der Waals surface area contributed by atoms with Crippen LogP contribution in [0.3, 0.4) is 0 Å². The van der Waals surface area contributed by atoms with Crippen molar-refractivity contribution >= 4 is 22.0 Å². The Morgan fingerprint density at radius 1 is 1.03 bits per heavy atom. The van der Waals surface area contributed by atoms with E-state index >= 15 is 0 Å². The van der Waals surface area contributed by atoms with Gasteiger partial charge in [0, 0.05) is 37.5 Å². The molecule has 0 aromatic heterocycles. The first kappa shape index (κ1) is 21.8. The van der Waals surface area contributed by atoms with Crippen molar-refractivity contribution in [1.29, 1.82) is 0 Å². The van der Waals surface area contributed by atoms with Crippen LogP contribution in [0.4, 0.5) is 13.2 Å². The minimum Gasteiger partial charge on any atom is -0.340 e. The minimum atomic E-state index is -4.27. The van der Waals surface area contributed by atoms with Crippen molar-refractivity contribution in [2.75, 3.05) is 26.2 Å². The Kier molecular flexibility index (Phi) is 6.68. The van der Waals surface area contributed by atoms with E-state index in [0.29, 0.717) is 12.8 Å². The lowest BCUT2D eigenvalue weighted by atomic mass is 9.80. The van der Waals surface area contributed by atoms with Crippen molar-refractivity contribution < 1.29 is 26.4 Å². The van der Waals surface area contributed by atoms with Gasteiger partial charge in [-0.25, -0.2) is 8.42 Å². The number of hydrogen-bond donors (Lipinski definition) is 0. The third-order valence-electron chi connectivity index (χ3n) is 5.63. The molecule has 0 spiro atoms. The number of rotatable bonds is 4. The number of halogens is 3. The molecular formula is C20H25F3N2O3S. The SMILES string of the molecule is O=C(C1CCCC(C(F)(F)F)C1)N1CCN(S(=O)(=O)/C=C/c2ccccc2)CC1. The lowest BCUT2D eigenvalue weighted by Crippen LogP contribution is -2.52. The first-order valence-electron chi connectivity index (χ1n) is 9.75. The van der Waals surface area contributed by atoms with Crippen molar-refractivity contribution in [3.63, 3.8) is 0 Å². The molecule has 160 valence electrons. The fraction of sp³-hybridized carbons (Fsp3) is 0.550. The van der Waals surface area contributed by atoms with E-state index < -0.39 is 28.0 Å². The average molecular weight is 430 g/mol.